The van der Waals surface area contributed by atoms with E-state index in [1.165, 1.54) is 12.1 Å². The third kappa shape index (κ3) is 4.56. The van der Waals surface area contributed by atoms with Crippen LogP contribution in [0.5, 0.6) is 0 Å². The summed E-state index contributed by atoms with van der Waals surface area (Å²) in [6, 6.07) is 10.2. The van der Waals surface area contributed by atoms with Gasteiger partial charge in [-0.05, 0) is 56.2 Å². The molecule has 7 heteroatoms. The lowest BCUT2D eigenvalue weighted by Gasteiger charge is -2.21. The normalized spacial score (nSPS) is 20.0. The highest BCUT2D eigenvalue weighted by Crippen LogP contribution is 2.33. The molecule has 0 saturated carbocycles. The maximum absolute atomic E-state index is 13.2. The average molecular weight is 358 g/mol. The Kier molecular flexibility index (Phi) is 5.20. The van der Waals surface area contributed by atoms with E-state index in [4.69, 9.17) is 4.74 Å². The SMILES string of the molecule is CC(C)(C)OC(=O)Nc1cc(C2CNNC2c2ccc(F)cc2)ccn1. The van der Waals surface area contributed by atoms with Gasteiger partial charge in [0.25, 0.3) is 0 Å². The number of hydrogen-bond donors (Lipinski definition) is 3. The number of halogens is 1. The zero-order valence-electron chi connectivity index (χ0n) is 15.0. The van der Waals surface area contributed by atoms with Gasteiger partial charge in [-0.3, -0.25) is 10.7 Å². The maximum Gasteiger partial charge on any atom is 0.413 e. The highest BCUT2D eigenvalue weighted by molar-refractivity contribution is 5.83. The Morgan fingerprint density at radius 1 is 1.23 bits per heavy atom. The summed E-state index contributed by atoms with van der Waals surface area (Å²) in [5.74, 6) is 0.285. The highest BCUT2D eigenvalue weighted by Gasteiger charge is 2.30. The second-order valence-electron chi connectivity index (χ2n) is 7.26. The number of aromatic nitrogens is 1. The van der Waals surface area contributed by atoms with E-state index in [1.807, 2.05) is 12.1 Å². The molecule has 1 saturated heterocycles. The topological polar surface area (TPSA) is 75.3 Å². The molecule has 0 spiro atoms. The maximum atomic E-state index is 13.2. The molecule has 1 aliphatic rings. The zero-order valence-corrected chi connectivity index (χ0v) is 15.0. The van der Waals surface area contributed by atoms with Crippen LogP contribution in [0.4, 0.5) is 15.0 Å². The summed E-state index contributed by atoms with van der Waals surface area (Å²) in [5.41, 5.74) is 7.80. The van der Waals surface area contributed by atoms with Crippen molar-refractivity contribution in [1.82, 2.24) is 15.8 Å². The quantitative estimate of drug-likeness (QED) is 0.783. The van der Waals surface area contributed by atoms with E-state index in [0.717, 1.165) is 11.1 Å². The number of carbonyl (C=O) groups excluding carboxylic acids is 1. The molecule has 26 heavy (non-hydrogen) atoms. The van der Waals surface area contributed by atoms with E-state index in [0.29, 0.717) is 12.4 Å². The molecule has 1 aliphatic heterocycles. The van der Waals surface area contributed by atoms with E-state index in [1.54, 1.807) is 39.1 Å². The van der Waals surface area contributed by atoms with Gasteiger partial charge in [-0.15, -0.1) is 0 Å². The van der Waals surface area contributed by atoms with Crippen LogP contribution in [0, 0.1) is 5.82 Å². The molecule has 1 fully saturated rings. The van der Waals surface area contributed by atoms with E-state index in [-0.39, 0.29) is 17.8 Å². The van der Waals surface area contributed by atoms with Gasteiger partial charge < -0.3 is 4.74 Å². The van der Waals surface area contributed by atoms with Gasteiger partial charge in [0.15, 0.2) is 0 Å². The molecule has 3 N–H and O–H groups in total. The van der Waals surface area contributed by atoms with Crippen LogP contribution in [0.3, 0.4) is 0 Å². The average Bonchev–Trinajstić information content (AvgIpc) is 3.03. The molecule has 2 aromatic rings. The molecule has 0 aliphatic carbocycles. The van der Waals surface area contributed by atoms with Crippen molar-refractivity contribution in [2.75, 3.05) is 11.9 Å². The standard InChI is InChI=1S/C19H23FN4O2/c1-19(2,3)26-18(25)23-16-10-13(8-9-21-16)15-11-22-24-17(15)12-4-6-14(20)7-5-12/h4-10,15,17,22,24H,11H2,1-3H3,(H,21,23,25). The Morgan fingerprint density at radius 3 is 2.65 bits per heavy atom. The Labute approximate surface area is 152 Å². The Bertz CT molecular complexity index is 774. The highest BCUT2D eigenvalue weighted by atomic mass is 19.1. The summed E-state index contributed by atoms with van der Waals surface area (Å²) in [6.07, 6.45) is 1.11. The van der Waals surface area contributed by atoms with E-state index >= 15 is 0 Å². The summed E-state index contributed by atoms with van der Waals surface area (Å²) in [6.45, 7) is 6.12. The first-order valence-electron chi connectivity index (χ1n) is 8.52. The first-order chi connectivity index (χ1) is 12.3. The van der Waals surface area contributed by atoms with Crippen molar-refractivity contribution >= 4 is 11.9 Å². The van der Waals surface area contributed by atoms with E-state index < -0.39 is 11.7 Å². The van der Waals surface area contributed by atoms with Gasteiger partial charge in [0, 0.05) is 18.7 Å². The monoisotopic (exact) mass is 358 g/mol. The lowest BCUT2D eigenvalue weighted by atomic mass is 9.89. The van der Waals surface area contributed by atoms with Crippen LogP contribution in [0.2, 0.25) is 0 Å². The van der Waals surface area contributed by atoms with Crippen molar-refractivity contribution in [3.63, 3.8) is 0 Å². The molecule has 1 aromatic heterocycles. The van der Waals surface area contributed by atoms with E-state index in [9.17, 15) is 9.18 Å². The fourth-order valence-electron chi connectivity index (χ4n) is 2.95. The molecule has 1 aromatic carbocycles. The third-order valence-corrected chi connectivity index (χ3v) is 4.05. The third-order valence-electron chi connectivity index (χ3n) is 4.05. The van der Waals surface area contributed by atoms with Crippen molar-refractivity contribution in [1.29, 1.82) is 0 Å². The molecule has 0 radical (unpaired) electrons. The number of nitrogens with zero attached hydrogens (tertiary/aromatic N) is 1. The first-order valence-corrected chi connectivity index (χ1v) is 8.52. The van der Waals surface area contributed by atoms with Gasteiger partial charge in [0.1, 0.15) is 17.2 Å². The van der Waals surface area contributed by atoms with Crippen molar-refractivity contribution in [3.8, 4) is 0 Å². The largest absolute Gasteiger partial charge is 0.444 e. The summed E-state index contributed by atoms with van der Waals surface area (Å²) in [5, 5.41) is 2.66. The summed E-state index contributed by atoms with van der Waals surface area (Å²) in [7, 11) is 0. The zero-order chi connectivity index (χ0) is 18.7. The predicted octanol–water partition coefficient (Wildman–Crippen LogP) is 3.50. The second-order valence-corrected chi connectivity index (χ2v) is 7.26. The number of nitrogens with one attached hydrogen (secondary N) is 3. The predicted molar refractivity (Wildman–Crippen MR) is 97.1 cm³/mol. The van der Waals surface area contributed by atoms with Gasteiger partial charge in [0.2, 0.25) is 0 Å². The van der Waals surface area contributed by atoms with Crippen LogP contribution in [-0.2, 0) is 4.74 Å². The molecule has 138 valence electrons. The van der Waals surface area contributed by atoms with Crippen LogP contribution < -0.4 is 16.2 Å². The van der Waals surface area contributed by atoms with Crippen molar-refractivity contribution in [2.45, 2.75) is 38.3 Å². The fourth-order valence-corrected chi connectivity index (χ4v) is 2.95. The first kappa shape index (κ1) is 18.3. The molecule has 0 bridgehead atoms. The van der Waals surface area contributed by atoms with Crippen LogP contribution in [-0.4, -0.2) is 23.2 Å². The number of anilines is 1. The lowest BCUT2D eigenvalue weighted by molar-refractivity contribution is 0.0635. The molecule has 2 unspecified atom stereocenters. The summed E-state index contributed by atoms with van der Waals surface area (Å²) < 4.78 is 18.4. The molecule has 1 amide bonds. The Morgan fingerprint density at radius 2 is 1.96 bits per heavy atom. The van der Waals surface area contributed by atoms with Crippen molar-refractivity contribution in [2.24, 2.45) is 0 Å². The van der Waals surface area contributed by atoms with Crippen LogP contribution in [0.25, 0.3) is 0 Å². The lowest BCUT2D eigenvalue weighted by Crippen LogP contribution is -2.27. The minimum absolute atomic E-state index is 0.00706. The minimum atomic E-state index is -0.575. The summed E-state index contributed by atoms with van der Waals surface area (Å²) >= 11 is 0. The van der Waals surface area contributed by atoms with Crippen molar-refractivity contribution < 1.29 is 13.9 Å². The van der Waals surface area contributed by atoms with Gasteiger partial charge in [-0.1, -0.05) is 12.1 Å². The second kappa shape index (κ2) is 7.39. The molecule has 2 heterocycles. The number of amides is 1. The van der Waals surface area contributed by atoms with Crippen LogP contribution in [0.1, 0.15) is 43.9 Å². The van der Waals surface area contributed by atoms with Gasteiger partial charge in [-0.25, -0.2) is 19.6 Å². The van der Waals surface area contributed by atoms with Crippen LogP contribution in [0.15, 0.2) is 42.6 Å². The Balaban J connectivity index is 1.76. The molecule has 6 nitrogen and oxygen atoms in total. The van der Waals surface area contributed by atoms with Gasteiger partial charge in [0.05, 0.1) is 6.04 Å². The van der Waals surface area contributed by atoms with Gasteiger partial charge in [-0.2, -0.15) is 0 Å². The number of hydrogen-bond acceptors (Lipinski definition) is 5. The number of ether oxygens (including phenoxy) is 1. The molecule has 2 atom stereocenters. The molecular weight excluding hydrogens is 335 g/mol. The minimum Gasteiger partial charge on any atom is -0.444 e. The number of pyridine rings is 1. The van der Waals surface area contributed by atoms with Crippen molar-refractivity contribution in [3.05, 3.63) is 59.5 Å². The van der Waals surface area contributed by atoms with E-state index in [2.05, 4.69) is 21.2 Å². The number of carbonyl (C=O) groups is 1. The Hall–Kier alpha value is -2.51. The number of benzene rings is 1. The number of hydrazine groups is 1. The summed E-state index contributed by atoms with van der Waals surface area (Å²) in [4.78, 5) is 16.1. The fraction of sp³-hybridized carbons (Fsp3) is 0.368. The molecular formula is C19H23FN4O2. The van der Waals surface area contributed by atoms with Crippen LogP contribution >= 0.6 is 0 Å². The smallest absolute Gasteiger partial charge is 0.413 e. The van der Waals surface area contributed by atoms with Gasteiger partial charge >= 0.3 is 6.09 Å². The number of rotatable bonds is 3. The molecule has 3 rings (SSSR count).